The standard InChI is InChI=1S/C13H19N3/c1-5-8-16-11(14)10(13(2,3)4)15-12(16)9-6-7-9/h1,9H,6-8,14H2,2-4H3. The monoisotopic (exact) mass is 217 g/mol. The molecule has 0 aliphatic heterocycles. The molecule has 2 N–H and O–H groups in total. The van der Waals surface area contributed by atoms with Crippen molar-refractivity contribution in [2.75, 3.05) is 5.73 Å². The van der Waals surface area contributed by atoms with Crippen LogP contribution >= 0.6 is 0 Å². The average Bonchev–Trinajstić information content (AvgIpc) is 2.94. The van der Waals surface area contributed by atoms with Gasteiger partial charge in [-0.15, -0.1) is 6.42 Å². The fourth-order valence-electron chi connectivity index (χ4n) is 1.95. The lowest BCUT2D eigenvalue weighted by molar-refractivity contribution is 0.573. The molecule has 0 bridgehead atoms. The Morgan fingerprint density at radius 1 is 1.50 bits per heavy atom. The number of aromatic nitrogens is 2. The largest absolute Gasteiger partial charge is 0.383 e. The lowest BCUT2D eigenvalue weighted by atomic mass is 9.92. The van der Waals surface area contributed by atoms with E-state index in [1.165, 1.54) is 12.8 Å². The van der Waals surface area contributed by atoms with E-state index in [4.69, 9.17) is 17.1 Å². The highest BCUT2D eigenvalue weighted by Crippen LogP contribution is 2.42. The zero-order chi connectivity index (χ0) is 11.9. The maximum Gasteiger partial charge on any atom is 0.128 e. The lowest BCUT2D eigenvalue weighted by Crippen LogP contribution is -2.15. The first-order valence-electron chi connectivity index (χ1n) is 5.75. The van der Waals surface area contributed by atoms with Crippen LogP contribution < -0.4 is 5.73 Å². The van der Waals surface area contributed by atoms with Crippen LogP contribution in [-0.2, 0) is 12.0 Å². The molecule has 2 rings (SSSR count). The van der Waals surface area contributed by atoms with Crippen molar-refractivity contribution in [1.82, 2.24) is 9.55 Å². The maximum absolute atomic E-state index is 6.15. The fourth-order valence-corrected chi connectivity index (χ4v) is 1.95. The van der Waals surface area contributed by atoms with E-state index in [1.807, 2.05) is 4.57 Å². The van der Waals surface area contributed by atoms with Crippen LogP contribution in [0, 0.1) is 12.3 Å². The van der Waals surface area contributed by atoms with Crippen molar-refractivity contribution in [3.05, 3.63) is 11.5 Å². The number of imidazole rings is 1. The van der Waals surface area contributed by atoms with Crippen LogP contribution in [0.3, 0.4) is 0 Å². The first kappa shape index (κ1) is 11.1. The number of anilines is 1. The molecule has 1 aliphatic rings. The van der Waals surface area contributed by atoms with Gasteiger partial charge in [0.15, 0.2) is 0 Å². The molecule has 0 atom stereocenters. The van der Waals surface area contributed by atoms with Gasteiger partial charge in [-0.1, -0.05) is 26.7 Å². The molecule has 3 heteroatoms. The van der Waals surface area contributed by atoms with E-state index in [9.17, 15) is 0 Å². The zero-order valence-electron chi connectivity index (χ0n) is 10.2. The molecule has 1 aromatic rings. The Bertz CT molecular complexity index is 439. The summed E-state index contributed by atoms with van der Waals surface area (Å²) in [6, 6.07) is 0. The summed E-state index contributed by atoms with van der Waals surface area (Å²) in [5, 5.41) is 0. The molecule has 0 saturated heterocycles. The molecule has 0 spiro atoms. The van der Waals surface area contributed by atoms with Crippen molar-refractivity contribution in [1.29, 1.82) is 0 Å². The molecular weight excluding hydrogens is 198 g/mol. The van der Waals surface area contributed by atoms with E-state index in [0.717, 1.165) is 17.3 Å². The summed E-state index contributed by atoms with van der Waals surface area (Å²) in [6.07, 6.45) is 7.81. The Kier molecular flexibility index (Phi) is 2.46. The van der Waals surface area contributed by atoms with Gasteiger partial charge in [0.25, 0.3) is 0 Å². The number of terminal acetylenes is 1. The quantitative estimate of drug-likeness (QED) is 0.772. The normalized spacial score (nSPS) is 16.1. The van der Waals surface area contributed by atoms with Gasteiger partial charge < -0.3 is 10.3 Å². The molecule has 1 heterocycles. The summed E-state index contributed by atoms with van der Waals surface area (Å²) in [6.45, 7) is 6.91. The second kappa shape index (κ2) is 3.55. The van der Waals surface area contributed by atoms with Crippen molar-refractivity contribution < 1.29 is 0 Å². The predicted octanol–water partition coefficient (Wildman–Crippen LogP) is 2.27. The number of hydrogen-bond acceptors (Lipinski definition) is 2. The van der Waals surface area contributed by atoms with Crippen LogP contribution in [-0.4, -0.2) is 9.55 Å². The highest BCUT2D eigenvalue weighted by atomic mass is 15.2. The summed E-state index contributed by atoms with van der Waals surface area (Å²) in [5.41, 5.74) is 7.10. The number of nitrogens with two attached hydrogens (primary N) is 1. The van der Waals surface area contributed by atoms with Gasteiger partial charge >= 0.3 is 0 Å². The van der Waals surface area contributed by atoms with Crippen molar-refractivity contribution >= 4 is 5.82 Å². The minimum absolute atomic E-state index is 0.0203. The molecule has 16 heavy (non-hydrogen) atoms. The van der Waals surface area contributed by atoms with E-state index in [2.05, 4.69) is 26.7 Å². The van der Waals surface area contributed by atoms with Crippen LogP contribution in [0.1, 0.15) is 51.0 Å². The Morgan fingerprint density at radius 3 is 2.56 bits per heavy atom. The maximum atomic E-state index is 6.15. The topological polar surface area (TPSA) is 43.8 Å². The molecule has 0 unspecified atom stereocenters. The van der Waals surface area contributed by atoms with E-state index in [1.54, 1.807) is 0 Å². The summed E-state index contributed by atoms with van der Waals surface area (Å²) in [7, 11) is 0. The second-order valence-electron chi connectivity index (χ2n) is 5.52. The predicted molar refractivity (Wildman–Crippen MR) is 66.1 cm³/mol. The van der Waals surface area contributed by atoms with Crippen LogP contribution in [0.15, 0.2) is 0 Å². The van der Waals surface area contributed by atoms with Crippen molar-refractivity contribution in [2.45, 2.75) is 51.5 Å². The van der Waals surface area contributed by atoms with Crippen molar-refractivity contribution in [3.8, 4) is 12.3 Å². The molecule has 1 aliphatic carbocycles. The summed E-state index contributed by atoms with van der Waals surface area (Å²) < 4.78 is 2.00. The molecule has 3 nitrogen and oxygen atoms in total. The number of rotatable bonds is 2. The molecule has 1 fully saturated rings. The summed E-state index contributed by atoms with van der Waals surface area (Å²) >= 11 is 0. The van der Waals surface area contributed by atoms with Crippen LogP contribution in [0.25, 0.3) is 0 Å². The van der Waals surface area contributed by atoms with E-state index in [0.29, 0.717) is 12.5 Å². The van der Waals surface area contributed by atoms with Crippen LogP contribution in [0.2, 0.25) is 0 Å². The molecule has 1 aromatic heterocycles. The highest BCUT2D eigenvalue weighted by molar-refractivity contribution is 5.44. The third-order valence-corrected chi connectivity index (χ3v) is 2.94. The van der Waals surface area contributed by atoms with Crippen LogP contribution in [0.5, 0.6) is 0 Å². The first-order valence-corrected chi connectivity index (χ1v) is 5.75. The van der Waals surface area contributed by atoms with Gasteiger partial charge in [0.1, 0.15) is 11.6 Å². The van der Waals surface area contributed by atoms with Gasteiger partial charge in [-0.2, -0.15) is 0 Å². The van der Waals surface area contributed by atoms with Gasteiger partial charge in [-0.3, -0.25) is 0 Å². The average molecular weight is 217 g/mol. The smallest absolute Gasteiger partial charge is 0.128 e. The highest BCUT2D eigenvalue weighted by Gasteiger charge is 2.33. The van der Waals surface area contributed by atoms with Crippen LogP contribution in [0.4, 0.5) is 5.82 Å². The van der Waals surface area contributed by atoms with E-state index >= 15 is 0 Å². The van der Waals surface area contributed by atoms with Gasteiger partial charge in [0.05, 0.1) is 12.2 Å². The summed E-state index contributed by atoms with van der Waals surface area (Å²) in [4.78, 5) is 4.70. The number of nitrogen functional groups attached to an aromatic ring is 1. The Labute approximate surface area is 97.1 Å². The van der Waals surface area contributed by atoms with Gasteiger partial charge in [-0.25, -0.2) is 4.98 Å². The van der Waals surface area contributed by atoms with Crippen molar-refractivity contribution in [3.63, 3.8) is 0 Å². The molecule has 0 radical (unpaired) electrons. The molecule has 86 valence electrons. The van der Waals surface area contributed by atoms with E-state index in [-0.39, 0.29) is 5.41 Å². The first-order chi connectivity index (χ1) is 7.45. The lowest BCUT2D eigenvalue weighted by Gasteiger charge is -2.16. The number of nitrogens with zero attached hydrogens (tertiary/aromatic N) is 2. The second-order valence-corrected chi connectivity index (χ2v) is 5.52. The van der Waals surface area contributed by atoms with E-state index < -0.39 is 0 Å². The van der Waals surface area contributed by atoms with Gasteiger partial charge in [-0.05, 0) is 12.8 Å². The summed E-state index contributed by atoms with van der Waals surface area (Å²) in [5.74, 6) is 5.06. The minimum atomic E-state index is -0.0203. The molecular formula is C13H19N3. The number of hydrogen-bond donors (Lipinski definition) is 1. The third-order valence-electron chi connectivity index (χ3n) is 2.94. The zero-order valence-corrected chi connectivity index (χ0v) is 10.2. The van der Waals surface area contributed by atoms with Gasteiger partial charge in [0, 0.05) is 11.3 Å². The SMILES string of the molecule is C#CCn1c(C2CC2)nc(C(C)(C)C)c1N. The third kappa shape index (κ3) is 1.80. The van der Waals surface area contributed by atoms with Crippen molar-refractivity contribution in [2.24, 2.45) is 0 Å². The fraction of sp³-hybridized carbons (Fsp3) is 0.615. The molecule has 0 amide bonds. The Hall–Kier alpha value is -1.43. The molecule has 1 saturated carbocycles. The minimum Gasteiger partial charge on any atom is -0.383 e. The molecule has 0 aromatic carbocycles. The Morgan fingerprint density at radius 2 is 2.12 bits per heavy atom. The van der Waals surface area contributed by atoms with Gasteiger partial charge in [0.2, 0.25) is 0 Å². The Balaban J connectivity index is 2.49.